The van der Waals surface area contributed by atoms with Crippen LogP contribution in [0.2, 0.25) is 0 Å². The molecule has 1 fully saturated rings. The molecule has 2 heterocycles. The minimum absolute atomic E-state index is 0.478. The molecule has 0 unspecified atom stereocenters. The highest BCUT2D eigenvalue weighted by Crippen LogP contribution is 2.28. The molecule has 0 atom stereocenters. The fourth-order valence-electron chi connectivity index (χ4n) is 2.50. The van der Waals surface area contributed by atoms with Crippen LogP contribution in [-0.2, 0) is 13.0 Å². The van der Waals surface area contributed by atoms with Gasteiger partial charge in [-0.05, 0) is 18.8 Å². The molecule has 1 aliphatic heterocycles. The van der Waals surface area contributed by atoms with E-state index in [0.717, 1.165) is 43.5 Å². The summed E-state index contributed by atoms with van der Waals surface area (Å²) in [7, 11) is 1.62. The van der Waals surface area contributed by atoms with Crippen molar-refractivity contribution in [3.63, 3.8) is 0 Å². The average Bonchev–Trinajstić information content (AvgIpc) is 2.36. The summed E-state index contributed by atoms with van der Waals surface area (Å²) in [5.41, 5.74) is 2.33. The SMILES string of the molecule is COc1nc2c(c(NCC3CCC3)n1)CNCC2. The van der Waals surface area contributed by atoms with Crippen LogP contribution < -0.4 is 15.4 Å². The minimum atomic E-state index is 0.478. The first-order chi connectivity index (χ1) is 8.86. The van der Waals surface area contributed by atoms with E-state index in [4.69, 9.17) is 4.74 Å². The quantitative estimate of drug-likeness (QED) is 0.842. The van der Waals surface area contributed by atoms with Crippen molar-refractivity contribution < 1.29 is 4.74 Å². The van der Waals surface area contributed by atoms with Gasteiger partial charge in [-0.15, -0.1) is 0 Å². The third-order valence-electron chi connectivity index (χ3n) is 3.88. The zero-order valence-corrected chi connectivity index (χ0v) is 10.8. The molecule has 0 spiro atoms. The van der Waals surface area contributed by atoms with Crippen LogP contribution in [0, 0.1) is 5.92 Å². The van der Waals surface area contributed by atoms with Gasteiger partial charge >= 0.3 is 6.01 Å². The maximum absolute atomic E-state index is 5.19. The number of fused-ring (bicyclic) bond motifs is 1. The predicted octanol–water partition coefficient (Wildman–Crippen LogP) is 1.34. The van der Waals surface area contributed by atoms with Gasteiger partial charge in [-0.1, -0.05) is 6.42 Å². The second-order valence-electron chi connectivity index (χ2n) is 5.09. The molecule has 1 aliphatic carbocycles. The highest BCUT2D eigenvalue weighted by molar-refractivity contribution is 5.48. The Bertz CT molecular complexity index is 431. The van der Waals surface area contributed by atoms with E-state index in [1.807, 2.05) is 0 Å². The Hall–Kier alpha value is -1.36. The van der Waals surface area contributed by atoms with Crippen LogP contribution in [0.3, 0.4) is 0 Å². The first kappa shape index (κ1) is 11.7. The molecule has 3 rings (SSSR count). The monoisotopic (exact) mass is 248 g/mol. The zero-order valence-electron chi connectivity index (χ0n) is 10.8. The Labute approximate surface area is 107 Å². The lowest BCUT2D eigenvalue weighted by Crippen LogP contribution is -2.28. The molecule has 0 radical (unpaired) electrons. The summed E-state index contributed by atoms with van der Waals surface area (Å²) in [5, 5.41) is 6.85. The van der Waals surface area contributed by atoms with Gasteiger partial charge in [-0.3, -0.25) is 0 Å². The van der Waals surface area contributed by atoms with Gasteiger partial charge in [0.25, 0.3) is 0 Å². The third-order valence-corrected chi connectivity index (χ3v) is 3.88. The van der Waals surface area contributed by atoms with Gasteiger partial charge in [0.2, 0.25) is 0 Å². The number of anilines is 1. The molecule has 5 heteroatoms. The lowest BCUT2D eigenvalue weighted by Gasteiger charge is -2.27. The molecule has 0 bridgehead atoms. The van der Waals surface area contributed by atoms with Crippen molar-refractivity contribution in [2.75, 3.05) is 25.5 Å². The summed E-state index contributed by atoms with van der Waals surface area (Å²) in [4.78, 5) is 8.89. The van der Waals surface area contributed by atoms with Crippen molar-refractivity contribution in [2.24, 2.45) is 5.92 Å². The lowest BCUT2D eigenvalue weighted by atomic mass is 9.85. The smallest absolute Gasteiger partial charge is 0.318 e. The van der Waals surface area contributed by atoms with Crippen LogP contribution in [0.25, 0.3) is 0 Å². The van der Waals surface area contributed by atoms with Crippen molar-refractivity contribution in [2.45, 2.75) is 32.2 Å². The molecule has 1 saturated carbocycles. The van der Waals surface area contributed by atoms with Crippen molar-refractivity contribution in [1.29, 1.82) is 0 Å². The van der Waals surface area contributed by atoms with Gasteiger partial charge < -0.3 is 15.4 Å². The molecule has 98 valence electrons. The van der Waals surface area contributed by atoms with E-state index in [1.165, 1.54) is 24.8 Å². The molecule has 1 aromatic heterocycles. The lowest BCUT2D eigenvalue weighted by molar-refractivity contribution is 0.332. The van der Waals surface area contributed by atoms with Gasteiger partial charge in [-0.25, -0.2) is 0 Å². The molecule has 1 aromatic rings. The van der Waals surface area contributed by atoms with Crippen molar-refractivity contribution in [3.8, 4) is 6.01 Å². The molecule has 2 N–H and O–H groups in total. The summed E-state index contributed by atoms with van der Waals surface area (Å²) in [6.45, 7) is 2.86. The highest BCUT2D eigenvalue weighted by Gasteiger charge is 2.21. The van der Waals surface area contributed by atoms with E-state index in [9.17, 15) is 0 Å². The normalized spacial score (nSPS) is 18.9. The molecule has 2 aliphatic rings. The van der Waals surface area contributed by atoms with E-state index < -0.39 is 0 Å². The summed E-state index contributed by atoms with van der Waals surface area (Å²) < 4.78 is 5.19. The summed E-state index contributed by atoms with van der Waals surface area (Å²) in [6, 6.07) is 0.478. The van der Waals surface area contributed by atoms with Crippen LogP contribution >= 0.6 is 0 Å². The van der Waals surface area contributed by atoms with Crippen LogP contribution in [0.15, 0.2) is 0 Å². The minimum Gasteiger partial charge on any atom is -0.467 e. The predicted molar refractivity (Wildman–Crippen MR) is 69.8 cm³/mol. The Balaban J connectivity index is 1.80. The second-order valence-corrected chi connectivity index (χ2v) is 5.09. The number of rotatable bonds is 4. The Morgan fingerprint density at radius 2 is 2.28 bits per heavy atom. The number of hydrogen-bond donors (Lipinski definition) is 2. The van der Waals surface area contributed by atoms with Crippen molar-refractivity contribution >= 4 is 5.82 Å². The Morgan fingerprint density at radius 1 is 1.39 bits per heavy atom. The van der Waals surface area contributed by atoms with Crippen molar-refractivity contribution in [1.82, 2.24) is 15.3 Å². The van der Waals surface area contributed by atoms with Crippen molar-refractivity contribution in [3.05, 3.63) is 11.3 Å². The maximum atomic E-state index is 5.19. The Kier molecular flexibility index (Phi) is 3.32. The molecular formula is C13H20N4O. The number of aromatic nitrogens is 2. The molecule has 0 aromatic carbocycles. The van der Waals surface area contributed by atoms with Gasteiger partial charge in [0.15, 0.2) is 0 Å². The zero-order chi connectivity index (χ0) is 12.4. The molecule has 0 saturated heterocycles. The summed E-state index contributed by atoms with van der Waals surface area (Å²) >= 11 is 0. The summed E-state index contributed by atoms with van der Waals surface area (Å²) in [5.74, 6) is 1.77. The van der Waals surface area contributed by atoms with Crippen LogP contribution in [0.1, 0.15) is 30.5 Å². The van der Waals surface area contributed by atoms with Gasteiger partial charge in [0, 0.05) is 31.6 Å². The van der Waals surface area contributed by atoms with E-state index >= 15 is 0 Å². The molecule has 18 heavy (non-hydrogen) atoms. The van der Waals surface area contributed by atoms with Gasteiger partial charge in [0.05, 0.1) is 12.8 Å². The number of ether oxygens (including phenoxy) is 1. The van der Waals surface area contributed by atoms with E-state index in [1.54, 1.807) is 7.11 Å². The Morgan fingerprint density at radius 3 is 3.00 bits per heavy atom. The topological polar surface area (TPSA) is 59.1 Å². The highest BCUT2D eigenvalue weighted by atomic mass is 16.5. The summed E-state index contributed by atoms with van der Waals surface area (Å²) in [6.07, 6.45) is 5.01. The standard InChI is InChI=1S/C13H20N4O/c1-18-13-16-11-5-6-14-8-10(11)12(17-13)15-7-9-3-2-4-9/h9,14H,2-8H2,1H3,(H,15,16,17). The largest absolute Gasteiger partial charge is 0.467 e. The van der Waals surface area contributed by atoms with Crippen LogP contribution in [0.4, 0.5) is 5.82 Å². The van der Waals surface area contributed by atoms with Crippen LogP contribution in [0.5, 0.6) is 6.01 Å². The van der Waals surface area contributed by atoms with E-state index in [-0.39, 0.29) is 0 Å². The first-order valence-electron chi connectivity index (χ1n) is 6.75. The fraction of sp³-hybridized carbons (Fsp3) is 0.692. The molecule has 5 nitrogen and oxygen atoms in total. The fourth-order valence-corrected chi connectivity index (χ4v) is 2.50. The van der Waals surface area contributed by atoms with E-state index in [0.29, 0.717) is 6.01 Å². The third kappa shape index (κ3) is 2.27. The first-order valence-corrected chi connectivity index (χ1v) is 6.75. The molecular weight excluding hydrogens is 228 g/mol. The average molecular weight is 248 g/mol. The number of hydrogen-bond acceptors (Lipinski definition) is 5. The van der Waals surface area contributed by atoms with Gasteiger partial charge in [0.1, 0.15) is 5.82 Å². The number of nitrogens with one attached hydrogen (secondary N) is 2. The number of methoxy groups -OCH3 is 1. The van der Waals surface area contributed by atoms with Crippen LogP contribution in [-0.4, -0.2) is 30.2 Å². The molecule has 0 amide bonds. The maximum Gasteiger partial charge on any atom is 0.318 e. The number of nitrogens with zero attached hydrogens (tertiary/aromatic N) is 2. The van der Waals surface area contributed by atoms with E-state index in [2.05, 4.69) is 20.6 Å². The second kappa shape index (κ2) is 5.10. The van der Waals surface area contributed by atoms with Gasteiger partial charge in [-0.2, -0.15) is 9.97 Å².